The van der Waals surface area contributed by atoms with Gasteiger partial charge in [0.25, 0.3) is 0 Å². The van der Waals surface area contributed by atoms with Crippen LogP contribution in [0.4, 0.5) is 11.4 Å². The molecule has 0 heterocycles. The molecule has 0 aliphatic heterocycles. The first-order chi connectivity index (χ1) is 8.97. The highest BCUT2D eigenvalue weighted by Gasteiger charge is 2.26. The Balaban J connectivity index is 2.98. The van der Waals surface area contributed by atoms with Gasteiger partial charge in [-0.15, -0.1) is 6.58 Å². The number of hydrogen-bond donors (Lipinski definition) is 2. The highest BCUT2D eigenvalue weighted by molar-refractivity contribution is 6.45. The number of nitrogens with one attached hydrogen (secondary N) is 1. The zero-order valence-electron chi connectivity index (χ0n) is 10.6. The summed E-state index contributed by atoms with van der Waals surface area (Å²) in [7, 11) is 0. The fourth-order valence-electron chi connectivity index (χ4n) is 1.41. The van der Waals surface area contributed by atoms with Crippen LogP contribution in [0.15, 0.2) is 36.9 Å². The summed E-state index contributed by atoms with van der Waals surface area (Å²) in [6, 6.07) is 6.07. The van der Waals surface area contributed by atoms with Gasteiger partial charge in [-0.25, -0.2) is 4.90 Å². The van der Waals surface area contributed by atoms with Gasteiger partial charge in [0, 0.05) is 19.2 Å². The number of benzene rings is 1. The van der Waals surface area contributed by atoms with Crippen molar-refractivity contribution in [3.8, 4) is 0 Å². The first kappa shape index (κ1) is 14.4. The molecule has 0 saturated carbocycles. The number of carbonyl (C=O) groups is 3. The van der Waals surface area contributed by atoms with Crippen molar-refractivity contribution < 1.29 is 14.4 Å². The summed E-state index contributed by atoms with van der Waals surface area (Å²) in [6.07, 6.45) is 1.44. The molecule has 1 rings (SSSR count). The molecule has 0 radical (unpaired) electrons. The summed E-state index contributed by atoms with van der Waals surface area (Å²) >= 11 is 0. The molecule has 6 nitrogen and oxygen atoms in total. The van der Waals surface area contributed by atoms with Gasteiger partial charge in [0.05, 0.1) is 5.69 Å². The topological polar surface area (TPSA) is 92.5 Å². The molecular formula is C13H15N3O3. The molecule has 0 atom stereocenters. The molecule has 0 unspecified atom stereocenters. The van der Waals surface area contributed by atoms with E-state index in [0.29, 0.717) is 11.4 Å². The van der Waals surface area contributed by atoms with Crippen molar-refractivity contribution in [2.24, 2.45) is 0 Å². The molecule has 0 saturated heterocycles. The minimum absolute atomic E-state index is 0.151. The monoisotopic (exact) mass is 261 g/mol. The molecule has 3 N–H and O–H groups in total. The third-order valence-electron chi connectivity index (χ3n) is 2.27. The summed E-state index contributed by atoms with van der Waals surface area (Å²) in [4.78, 5) is 35.8. The minimum Gasteiger partial charge on any atom is -0.399 e. The van der Waals surface area contributed by atoms with Gasteiger partial charge in [-0.1, -0.05) is 6.08 Å². The zero-order chi connectivity index (χ0) is 14.4. The molecule has 0 spiro atoms. The lowest BCUT2D eigenvalue weighted by Crippen LogP contribution is -2.45. The van der Waals surface area contributed by atoms with Gasteiger partial charge in [0.2, 0.25) is 5.91 Å². The van der Waals surface area contributed by atoms with E-state index in [9.17, 15) is 14.4 Å². The van der Waals surface area contributed by atoms with Crippen LogP contribution in [0.5, 0.6) is 0 Å². The van der Waals surface area contributed by atoms with Crippen molar-refractivity contribution in [1.29, 1.82) is 0 Å². The maximum Gasteiger partial charge on any atom is 0.323 e. The second kappa shape index (κ2) is 6.34. The molecule has 0 aliphatic carbocycles. The van der Waals surface area contributed by atoms with E-state index in [0.717, 1.165) is 4.90 Å². The zero-order valence-corrected chi connectivity index (χ0v) is 10.6. The van der Waals surface area contributed by atoms with Crippen LogP contribution in [-0.4, -0.2) is 24.3 Å². The van der Waals surface area contributed by atoms with Crippen LogP contribution in [0.3, 0.4) is 0 Å². The average Bonchev–Trinajstić information content (AvgIpc) is 2.38. The number of carbonyl (C=O) groups excluding carboxylic acids is 3. The van der Waals surface area contributed by atoms with Crippen LogP contribution in [0.2, 0.25) is 0 Å². The van der Waals surface area contributed by atoms with Crippen molar-refractivity contribution in [1.82, 2.24) is 5.32 Å². The number of hydrogen-bond acceptors (Lipinski definition) is 4. The van der Waals surface area contributed by atoms with Gasteiger partial charge in [-0.2, -0.15) is 0 Å². The first-order valence-electron chi connectivity index (χ1n) is 5.56. The number of nitrogens with zero attached hydrogens (tertiary/aromatic N) is 1. The van der Waals surface area contributed by atoms with Crippen molar-refractivity contribution in [3.05, 3.63) is 36.9 Å². The normalized spacial score (nSPS) is 9.53. The van der Waals surface area contributed by atoms with Gasteiger partial charge in [0.1, 0.15) is 0 Å². The number of nitrogens with two attached hydrogens (primary N) is 1. The largest absolute Gasteiger partial charge is 0.399 e. The summed E-state index contributed by atoms with van der Waals surface area (Å²) < 4.78 is 0. The Hall–Kier alpha value is -2.63. The lowest BCUT2D eigenvalue weighted by Gasteiger charge is -2.18. The Kier molecular flexibility index (Phi) is 4.82. The van der Waals surface area contributed by atoms with Crippen LogP contribution in [0.25, 0.3) is 0 Å². The van der Waals surface area contributed by atoms with Crippen molar-refractivity contribution in [2.45, 2.75) is 6.92 Å². The second-order valence-electron chi connectivity index (χ2n) is 3.75. The maximum absolute atomic E-state index is 11.9. The Labute approximate surface area is 110 Å². The van der Waals surface area contributed by atoms with E-state index in [4.69, 9.17) is 5.73 Å². The number of anilines is 2. The average molecular weight is 261 g/mol. The smallest absolute Gasteiger partial charge is 0.323 e. The minimum atomic E-state index is -0.945. The molecule has 1 aromatic carbocycles. The van der Waals surface area contributed by atoms with Gasteiger partial charge in [0.15, 0.2) is 0 Å². The van der Waals surface area contributed by atoms with Crippen LogP contribution in [-0.2, 0) is 14.4 Å². The van der Waals surface area contributed by atoms with Crippen molar-refractivity contribution in [2.75, 3.05) is 17.2 Å². The fourth-order valence-corrected chi connectivity index (χ4v) is 1.41. The van der Waals surface area contributed by atoms with E-state index < -0.39 is 17.7 Å². The Morgan fingerprint density at radius 2 is 1.89 bits per heavy atom. The molecule has 0 aliphatic rings. The molecular weight excluding hydrogens is 246 g/mol. The van der Waals surface area contributed by atoms with Crippen molar-refractivity contribution in [3.63, 3.8) is 0 Å². The molecule has 0 fully saturated rings. The summed E-state index contributed by atoms with van der Waals surface area (Å²) in [5, 5.41) is 2.32. The number of rotatable bonds is 3. The summed E-state index contributed by atoms with van der Waals surface area (Å²) in [5.41, 5.74) is 6.31. The molecule has 3 amide bonds. The van der Waals surface area contributed by atoms with Crippen LogP contribution >= 0.6 is 0 Å². The van der Waals surface area contributed by atoms with E-state index in [1.807, 2.05) is 0 Å². The van der Waals surface area contributed by atoms with Gasteiger partial charge in [-0.05, 0) is 24.3 Å². The van der Waals surface area contributed by atoms with E-state index in [2.05, 4.69) is 11.9 Å². The third kappa shape index (κ3) is 3.67. The summed E-state index contributed by atoms with van der Waals surface area (Å²) in [5.74, 6) is -2.37. The van der Waals surface area contributed by atoms with Crippen LogP contribution < -0.4 is 16.0 Å². The Morgan fingerprint density at radius 3 is 2.37 bits per heavy atom. The van der Waals surface area contributed by atoms with E-state index in [1.165, 1.54) is 25.1 Å². The Morgan fingerprint density at radius 1 is 1.32 bits per heavy atom. The second-order valence-corrected chi connectivity index (χ2v) is 3.75. The Bertz CT molecular complexity index is 508. The highest BCUT2D eigenvalue weighted by atomic mass is 16.2. The fraction of sp³-hybridized carbons (Fsp3) is 0.154. The molecule has 0 aromatic heterocycles. The number of nitrogen functional groups attached to an aromatic ring is 1. The molecule has 100 valence electrons. The van der Waals surface area contributed by atoms with Crippen molar-refractivity contribution >= 4 is 29.1 Å². The predicted octanol–water partition coefficient (Wildman–Crippen LogP) is 0.450. The maximum atomic E-state index is 11.9. The van der Waals surface area contributed by atoms with E-state index >= 15 is 0 Å². The first-order valence-corrected chi connectivity index (χ1v) is 5.56. The van der Waals surface area contributed by atoms with Crippen LogP contribution in [0.1, 0.15) is 6.92 Å². The van der Waals surface area contributed by atoms with E-state index in [-0.39, 0.29) is 6.54 Å². The standard InChI is InChI=1S/C13H15N3O3/c1-3-8-15-12(18)13(19)16(9(2)17)11-6-4-10(14)5-7-11/h3-7H,1,8,14H2,2H3,(H,15,18). The van der Waals surface area contributed by atoms with Gasteiger partial charge in [-0.3, -0.25) is 14.4 Å². The molecule has 0 bridgehead atoms. The van der Waals surface area contributed by atoms with Gasteiger partial charge < -0.3 is 11.1 Å². The third-order valence-corrected chi connectivity index (χ3v) is 2.27. The SMILES string of the molecule is C=CCNC(=O)C(=O)N(C(C)=O)c1ccc(N)cc1. The number of amides is 3. The lowest BCUT2D eigenvalue weighted by molar-refractivity contribution is -0.139. The number of imide groups is 1. The van der Waals surface area contributed by atoms with Gasteiger partial charge >= 0.3 is 11.8 Å². The molecule has 19 heavy (non-hydrogen) atoms. The predicted molar refractivity (Wildman–Crippen MR) is 72.2 cm³/mol. The lowest BCUT2D eigenvalue weighted by atomic mass is 10.2. The molecule has 6 heteroatoms. The van der Waals surface area contributed by atoms with Crippen LogP contribution in [0, 0.1) is 0 Å². The molecule has 1 aromatic rings. The summed E-state index contributed by atoms with van der Waals surface area (Å²) in [6.45, 7) is 4.77. The quantitative estimate of drug-likeness (QED) is 0.469. The van der Waals surface area contributed by atoms with E-state index in [1.54, 1.807) is 12.1 Å². The highest BCUT2D eigenvalue weighted by Crippen LogP contribution is 2.16.